The zero-order valence-electron chi connectivity index (χ0n) is 21.0. The second kappa shape index (κ2) is 11.7. The Labute approximate surface area is 219 Å². The number of nitrogens with one attached hydrogen (secondary N) is 2. The van der Waals surface area contributed by atoms with Crippen LogP contribution in [-0.4, -0.2) is 55.5 Å². The van der Waals surface area contributed by atoms with Gasteiger partial charge in [0.25, 0.3) is 5.91 Å². The number of amides is 3. The van der Waals surface area contributed by atoms with Gasteiger partial charge < -0.3 is 19.8 Å². The molecule has 2 heterocycles. The van der Waals surface area contributed by atoms with E-state index in [-0.39, 0.29) is 35.9 Å². The van der Waals surface area contributed by atoms with Crippen molar-refractivity contribution >= 4 is 57.5 Å². The fourth-order valence-corrected chi connectivity index (χ4v) is 4.62. The third kappa shape index (κ3) is 6.10. The number of methoxy groups -OCH3 is 1. The van der Waals surface area contributed by atoms with E-state index in [4.69, 9.17) is 20.8 Å². The lowest BCUT2D eigenvalue weighted by Gasteiger charge is -2.33. The van der Waals surface area contributed by atoms with Gasteiger partial charge in [0.1, 0.15) is 23.7 Å². The average Bonchev–Trinajstić information content (AvgIpc) is 3.24. The standard InChI is InChI=1S/C26H30ClN5O5/c1-31(2)32(26(35)16-7-5-4-6-8-16)23-19-13-18(29-22(33)15-36-3)10-11-20(19)37-24(23)25(34)30-21-12-9-17(27)14-28-21/h9-14,16H,4-8,15H2,1-3H3,(H,29,33)(H,28,30,34). The molecular weight excluding hydrogens is 498 g/mol. The molecule has 0 radical (unpaired) electrons. The van der Waals surface area contributed by atoms with Crippen molar-refractivity contribution in [2.45, 2.75) is 32.1 Å². The highest BCUT2D eigenvalue weighted by molar-refractivity contribution is 6.30. The Morgan fingerprint density at radius 3 is 2.51 bits per heavy atom. The molecule has 0 saturated heterocycles. The van der Waals surface area contributed by atoms with E-state index in [1.54, 1.807) is 49.4 Å². The van der Waals surface area contributed by atoms with Crippen molar-refractivity contribution < 1.29 is 23.5 Å². The van der Waals surface area contributed by atoms with Gasteiger partial charge in [-0.15, -0.1) is 0 Å². The molecule has 0 bridgehead atoms. The lowest BCUT2D eigenvalue weighted by Crippen LogP contribution is -2.46. The van der Waals surface area contributed by atoms with E-state index in [1.165, 1.54) is 18.3 Å². The molecule has 0 atom stereocenters. The van der Waals surface area contributed by atoms with Gasteiger partial charge in [-0.3, -0.25) is 14.4 Å². The van der Waals surface area contributed by atoms with Gasteiger partial charge in [-0.2, -0.15) is 0 Å². The number of fused-ring (bicyclic) bond motifs is 1. The van der Waals surface area contributed by atoms with Gasteiger partial charge in [-0.1, -0.05) is 30.9 Å². The molecule has 11 heteroatoms. The molecular formula is C26H30ClN5O5. The average molecular weight is 528 g/mol. The molecule has 2 N–H and O–H groups in total. The van der Waals surface area contributed by atoms with Crippen LogP contribution in [0.5, 0.6) is 0 Å². The summed E-state index contributed by atoms with van der Waals surface area (Å²) in [6, 6.07) is 8.18. The maximum absolute atomic E-state index is 13.8. The predicted molar refractivity (Wildman–Crippen MR) is 142 cm³/mol. The summed E-state index contributed by atoms with van der Waals surface area (Å²) in [4.78, 5) is 43.5. The number of hydrogen-bond donors (Lipinski definition) is 2. The topological polar surface area (TPSA) is 117 Å². The smallest absolute Gasteiger partial charge is 0.294 e. The summed E-state index contributed by atoms with van der Waals surface area (Å²) < 4.78 is 10.9. The fraction of sp³-hybridized carbons (Fsp3) is 0.385. The van der Waals surface area contributed by atoms with E-state index in [2.05, 4.69) is 15.6 Å². The van der Waals surface area contributed by atoms with Crippen molar-refractivity contribution in [2.75, 3.05) is 43.5 Å². The third-order valence-electron chi connectivity index (χ3n) is 6.17. The van der Waals surface area contributed by atoms with Crippen molar-refractivity contribution in [3.63, 3.8) is 0 Å². The van der Waals surface area contributed by atoms with E-state index in [1.807, 2.05) is 0 Å². The molecule has 10 nitrogen and oxygen atoms in total. The fourth-order valence-electron chi connectivity index (χ4n) is 4.51. The first kappa shape index (κ1) is 26.6. The first-order valence-electron chi connectivity index (χ1n) is 12.1. The number of hydrogen-bond acceptors (Lipinski definition) is 7. The van der Waals surface area contributed by atoms with Gasteiger partial charge in [0.2, 0.25) is 17.6 Å². The van der Waals surface area contributed by atoms with Crippen molar-refractivity contribution in [3.8, 4) is 0 Å². The molecule has 0 spiro atoms. The Hall–Kier alpha value is -3.47. The number of carbonyl (C=O) groups excluding carboxylic acids is 3. The highest BCUT2D eigenvalue weighted by atomic mass is 35.5. The number of benzene rings is 1. The lowest BCUT2D eigenvalue weighted by atomic mass is 9.88. The molecule has 1 aliphatic rings. The zero-order chi connectivity index (χ0) is 26.5. The SMILES string of the molecule is COCC(=O)Nc1ccc2oc(C(=O)Nc3ccc(Cl)cn3)c(N(C(=O)C3CCCCC3)N(C)C)c2c1. The number of halogens is 1. The Balaban J connectivity index is 1.80. The minimum atomic E-state index is -0.575. The molecule has 37 heavy (non-hydrogen) atoms. The maximum Gasteiger partial charge on any atom is 0.294 e. The number of furan rings is 1. The third-order valence-corrected chi connectivity index (χ3v) is 6.39. The van der Waals surface area contributed by atoms with Crippen LogP contribution in [-0.2, 0) is 14.3 Å². The number of carbonyl (C=O) groups is 3. The van der Waals surface area contributed by atoms with E-state index < -0.39 is 5.91 Å². The number of nitrogens with zero attached hydrogens (tertiary/aromatic N) is 3. The summed E-state index contributed by atoms with van der Waals surface area (Å²) in [6.45, 7) is -0.109. The summed E-state index contributed by atoms with van der Waals surface area (Å²) in [6.07, 6.45) is 6.06. The Morgan fingerprint density at radius 2 is 1.86 bits per heavy atom. The molecule has 1 saturated carbocycles. The largest absolute Gasteiger partial charge is 0.449 e. The van der Waals surface area contributed by atoms with Crippen molar-refractivity contribution in [2.24, 2.45) is 5.92 Å². The van der Waals surface area contributed by atoms with E-state index >= 15 is 0 Å². The zero-order valence-corrected chi connectivity index (χ0v) is 21.8. The molecule has 1 aromatic carbocycles. The number of hydrazine groups is 1. The molecule has 4 rings (SSSR count). The van der Waals surface area contributed by atoms with E-state index in [9.17, 15) is 14.4 Å². The monoisotopic (exact) mass is 527 g/mol. The van der Waals surface area contributed by atoms with Crippen molar-refractivity contribution in [3.05, 3.63) is 47.3 Å². The van der Waals surface area contributed by atoms with E-state index in [0.29, 0.717) is 27.4 Å². The highest BCUT2D eigenvalue weighted by Gasteiger charge is 2.34. The first-order chi connectivity index (χ1) is 17.8. The summed E-state index contributed by atoms with van der Waals surface area (Å²) in [5, 5.41) is 9.55. The molecule has 2 aromatic heterocycles. The number of rotatable bonds is 8. The van der Waals surface area contributed by atoms with Gasteiger partial charge in [0.05, 0.1) is 5.02 Å². The molecule has 3 aromatic rings. The Kier molecular flexibility index (Phi) is 8.42. The maximum atomic E-state index is 13.8. The van der Waals surface area contributed by atoms with Gasteiger partial charge in [0.15, 0.2) is 0 Å². The molecule has 196 valence electrons. The quantitative estimate of drug-likeness (QED) is 0.407. The normalized spacial score (nSPS) is 14.1. The number of pyridine rings is 1. The van der Waals surface area contributed by atoms with Crippen LogP contribution < -0.4 is 15.6 Å². The summed E-state index contributed by atoms with van der Waals surface area (Å²) in [5.41, 5.74) is 1.16. The second-order valence-corrected chi connectivity index (χ2v) is 9.56. The van der Waals surface area contributed by atoms with Crippen molar-refractivity contribution in [1.82, 2.24) is 9.99 Å². The van der Waals surface area contributed by atoms with Crippen LogP contribution in [0.4, 0.5) is 17.2 Å². The summed E-state index contributed by atoms with van der Waals surface area (Å²) in [5.74, 6) is -0.955. The summed E-state index contributed by atoms with van der Waals surface area (Å²) >= 11 is 5.92. The van der Waals surface area contributed by atoms with Gasteiger partial charge in [-0.05, 0) is 43.2 Å². The van der Waals surface area contributed by atoms with Crippen LogP contribution in [0, 0.1) is 5.92 Å². The second-order valence-electron chi connectivity index (χ2n) is 9.12. The lowest BCUT2D eigenvalue weighted by molar-refractivity contribution is -0.125. The molecule has 3 amide bonds. The van der Waals surface area contributed by atoms with Crippen LogP contribution in [0.3, 0.4) is 0 Å². The molecule has 1 fully saturated rings. The van der Waals surface area contributed by atoms with Crippen LogP contribution in [0.15, 0.2) is 40.9 Å². The number of anilines is 3. The summed E-state index contributed by atoms with van der Waals surface area (Å²) in [7, 11) is 4.92. The van der Waals surface area contributed by atoms with Gasteiger partial charge >= 0.3 is 0 Å². The molecule has 0 unspecified atom stereocenters. The van der Waals surface area contributed by atoms with Gasteiger partial charge in [0, 0.05) is 44.4 Å². The predicted octanol–water partition coefficient (Wildman–Crippen LogP) is 4.71. The molecule has 0 aliphatic heterocycles. The highest BCUT2D eigenvalue weighted by Crippen LogP contribution is 2.38. The Morgan fingerprint density at radius 1 is 1.11 bits per heavy atom. The van der Waals surface area contributed by atoms with Gasteiger partial charge in [-0.25, -0.2) is 15.0 Å². The minimum Gasteiger partial charge on any atom is -0.449 e. The minimum absolute atomic E-state index is 0.0509. The van der Waals surface area contributed by atoms with Crippen LogP contribution in [0.1, 0.15) is 42.7 Å². The van der Waals surface area contributed by atoms with Crippen LogP contribution >= 0.6 is 11.6 Å². The first-order valence-corrected chi connectivity index (χ1v) is 12.5. The van der Waals surface area contributed by atoms with Crippen molar-refractivity contribution in [1.29, 1.82) is 0 Å². The van der Waals surface area contributed by atoms with E-state index in [0.717, 1.165) is 32.1 Å². The number of aromatic nitrogens is 1. The Bertz CT molecular complexity index is 1280. The van der Waals surface area contributed by atoms with Crippen LogP contribution in [0.25, 0.3) is 11.0 Å². The number of ether oxygens (including phenoxy) is 1. The van der Waals surface area contributed by atoms with Crippen LogP contribution in [0.2, 0.25) is 5.02 Å². The molecule has 1 aliphatic carbocycles.